The first-order valence-electron chi connectivity index (χ1n) is 10.2. The Morgan fingerprint density at radius 1 is 1.11 bits per heavy atom. The highest BCUT2D eigenvalue weighted by Gasteiger charge is 2.43. The maximum Gasteiger partial charge on any atom is 0.264 e. The normalized spacial score (nSPS) is 22.0. The third-order valence-corrected chi connectivity index (χ3v) is 7.04. The molecule has 3 heterocycles. The highest BCUT2D eigenvalue weighted by atomic mass is 32.2. The zero-order valence-corrected chi connectivity index (χ0v) is 17.9. The van der Waals surface area contributed by atoms with Crippen LogP contribution in [0, 0.1) is 6.92 Å². The topological polar surface area (TPSA) is 54.3 Å². The van der Waals surface area contributed by atoms with Crippen LogP contribution in [0.4, 0.5) is 0 Å². The second kappa shape index (κ2) is 7.97. The summed E-state index contributed by atoms with van der Waals surface area (Å²) in [5, 5.41) is 4.84. The number of likely N-dealkylation sites (N-methyl/N-ethyl adjacent to an activating group) is 1. The van der Waals surface area contributed by atoms with E-state index in [0.717, 1.165) is 37.9 Å². The molecule has 2 aliphatic rings. The number of fused-ring (bicyclic) bond motifs is 1. The SMILES string of the molecule is CCN1CCN(C(c2ccc(C(C)C)cc2)C2Sc3nc(C)nn3C2=O)CC1. The molecule has 6 nitrogen and oxygen atoms in total. The zero-order chi connectivity index (χ0) is 19.8. The maximum absolute atomic E-state index is 13.2. The minimum atomic E-state index is -0.200. The maximum atomic E-state index is 13.2. The molecule has 150 valence electrons. The van der Waals surface area contributed by atoms with Crippen LogP contribution in [0.5, 0.6) is 0 Å². The van der Waals surface area contributed by atoms with Crippen LogP contribution in [-0.2, 0) is 0 Å². The predicted octanol–water partition coefficient (Wildman–Crippen LogP) is 3.20. The predicted molar refractivity (Wildman–Crippen MR) is 112 cm³/mol. The number of hydrogen-bond donors (Lipinski definition) is 0. The van der Waals surface area contributed by atoms with Gasteiger partial charge in [-0.25, -0.2) is 4.98 Å². The van der Waals surface area contributed by atoms with Gasteiger partial charge >= 0.3 is 0 Å². The van der Waals surface area contributed by atoms with Crippen LogP contribution in [0.2, 0.25) is 0 Å². The molecule has 7 heteroatoms. The first-order chi connectivity index (χ1) is 13.5. The van der Waals surface area contributed by atoms with Gasteiger partial charge in [0.2, 0.25) is 0 Å². The second-order valence-electron chi connectivity index (χ2n) is 7.97. The lowest BCUT2D eigenvalue weighted by molar-refractivity contribution is 0.0739. The molecule has 2 aromatic rings. The summed E-state index contributed by atoms with van der Waals surface area (Å²) in [6.07, 6.45) is 0. The van der Waals surface area contributed by atoms with E-state index in [2.05, 4.69) is 64.9 Å². The van der Waals surface area contributed by atoms with Crippen molar-refractivity contribution in [1.29, 1.82) is 0 Å². The van der Waals surface area contributed by atoms with Crippen molar-refractivity contribution in [3.8, 4) is 0 Å². The van der Waals surface area contributed by atoms with Crippen molar-refractivity contribution in [3.63, 3.8) is 0 Å². The Kier molecular flexibility index (Phi) is 5.58. The van der Waals surface area contributed by atoms with E-state index in [9.17, 15) is 4.79 Å². The number of rotatable bonds is 5. The van der Waals surface area contributed by atoms with Crippen LogP contribution < -0.4 is 0 Å². The van der Waals surface area contributed by atoms with Crippen LogP contribution in [0.1, 0.15) is 54.5 Å². The molecule has 28 heavy (non-hydrogen) atoms. The lowest BCUT2D eigenvalue weighted by Crippen LogP contribution is -2.50. The molecule has 1 fully saturated rings. The van der Waals surface area contributed by atoms with E-state index in [1.165, 1.54) is 15.8 Å². The molecular weight excluding hydrogens is 370 g/mol. The fourth-order valence-corrected chi connectivity index (χ4v) is 5.41. The number of nitrogens with zero attached hydrogens (tertiary/aromatic N) is 5. The van der Waals surface area contributed by atoms with E-state index in [-0.39, 0.29) is 17.2 Å². The van der Waals surface area contributed by atoms with Crippen molar-refractivity contribution >= 4 is 17.7 Å². The molecule has 0 aliphatic carbocycles. The van der Waals surface area contributed by atoms with Crippen LogP contribution in [0.3, 0.4) is 0 Å². The zero-order valence-electron chi connectivity index (χ0n) is 17.1. The van der Waals surface area contributed by atoms with Gasteiger partial charge in [0.1, 0.15) is 11.1 Å². The summed E-state index contributed by atoms with van der Waals surface area (Å²) in [5.74, 6) is 1.21. The standard InChI is InChI=1S/C21H29N5OS/c1-5-24-10-12-25(13-11-24)18(17-8-6-16(7-9-17)14(2)3)19-20(27)26-21(28-19)22-15(4)23-26/h6-9,14,18-19H,5,10-13H2,1-4H3. The molecule has 0 radical (unpaired) electrons. The van der Waals surface area contributed by atoms with Crippen LogP contribution in [0.25, 0.3) is 0 Å². The van der Waals surface area contributed by atoms with E-state index < -0.39 is 0 Å². The van der Waals surface area contributed by atoms with Crippen molar-refractivity contribution < 1.29 is 4.79 Å². The molecule has 0 saturated carbocycles. The Bertz CT molecular complexity index is 839. The Morgan fingerprint density at radius 2 is 1.75 bits per heavy atom. The number of thioether (sulfide) groups is 1. The molecule has 1 saturated heterocycles. The molecule has 2 atom stereocenters. The van der Waals surface area contributed by atoms with E-state index in [1.807, 2.05) is 6.92 Å². The Morgan fingerprint density at radius 3 is 2.32 bits per heavy atom. The summed E-state index contributed by atoms with van der Waals surface area (Å²) < 4.78 is 1.50. The third kappa shape index (κ3) is 3.63. The van der Waals surface area contributed by atoms with Gasteiger partial charge in [0.25, 0.3) is 5.91 Å². The molecule has 0 N–H and O–H groups in total. The number of benzene rings is 1. The molecule has 1 aromatic carbocycles. The first kappa shape index (κ1) is 19.6. The van der Waals surface area contributed by atoms with Gasteiger partial charge in [-0.3, -0.25) is 9.69 Å². The van der Waals surface area contributed by atoms with Crippen molar-refractivity contribution in [3.05, 3.63) is 41.2 Å². The van der Waals surface area contributed by atoms with Gasteiger partial charge in [-0.05, 0) is 30.5 Å². The van der Waals surface area contributed by atoms with Gasteiger partial charge in [0, 0.05) is 26.2 Å². The van der Waals surface area contributed by atoms with E-state index >= 15 is 0 Å². The van der Waals surface area contributed by atoms with E-state index in [4.69, 9.17) is 0 Å². The minimum Gasteiger partial charge on any atom is -0.301 e. The van der Waals surface area contributed by atoms with Gasteiger partial charge < -0.3 is 4.90 Å². The van der Waals surface area contributed by atoms with Crippen LogP contribution >= 0.6 is 11.8 Å². The number of hydrogen-bond acceptors (Lipinski definition) is 6. The number of piperazine rings is 1. The molecule has 1 aromatic heterocycles. The van der Waals surface area contributed by atoms with Crippen LogP contribution in [-0.4, -0.2) is 68.4 Å². The molecular formula is C21H29N5OS. The van der Waals surface area contributed by atoms with Gasteiger partial charge in [-0.1, -0.05) is 56.8 Å². The molecule has 2 unspecified atom stereocenters. The third-order valence-electron chi connectivity index (χ3n) is 5.85. The summed E-state index contributed by atoms with van der Waals surface area (Å²) >= 11 is 1.56. The van der Waals surface area contributed by atoms with Gasteiger partial charge in [0.15, 0.2) is 5.16 Å². The van der Waals surface area contributed by atoms with Crippen molar-refractivity contribution in [1.82, 2.24) is 24.6 Å². The van der Waals surface area contributed by atoms with Crippen LogP contribution in [0.15, 0.2) is 29.4 Å². The Hall–Kier alpha value is -1.70. The lowest BCUT2D eigenvalue weighted by atomic mass is 9.96. The molecule has 0 amide bonds. The van der Waals surface area contributed by atoms with Crippen molar-refractivity contribution in [2.45, 2.75) is 50.1 Å². The second-order valence-corrected chi connectivity index (χ2v) is 9.08. The van der Waals surface area contributed by atoms with Crippen molar-refractivity contribution in [2.75, 3.05) is 32.7 Å². The molecule has 0 bridgehead atoms. The number of carbonyl (C=O) groups excluding carboxylic acids is 1. The monoisotopic (exact) mass is 399 g/mol. The summed E-state index contributed by atoms with van der Waals surface area (Å²) in [6, 6.07) is 8.88. The quantitative estimate of drug-likeness (QED) is 0.770. The van der Waals surface area contributed by atoms with Crippen molar-refractivity contribution in [2.24, 2.45) is 0 Å². The average Bonchev–Trinajstić information content (AvgIpc) is 3.20. The van der Waals surface area contributed by atoms with E-state index in [1.54, 1.807) is 11.8 Å². The average molecular weight is 400 g/mol. The fourth-order valence-electron chi connectivity index (χ4n) is 4.11. The summed E-state index contributed by atoms with van der Waals surface area (Å²) in [7, 11) is 0. The summed E-state index contributed by atoms with van der Waals surface area (Å²) in [5.41, 5.74) is 2.54. The Labute approximate surface area is 171 Å². The van der Waals surface area contributed by atoms with E-state index in [0.29, 0.717) is 11.7 Å². The molecule has 4 rings (SSSR count). The molecule has 0 spiro atoms. The fraction of sp³-hybridized carbons (Fsp3) is 0.571. The smallest absolute Gasteiger partial charge is 0.264 e. The number of carbonyl (C=O) groups is 1. The number of aromatic nitrogens is 3. The van der Waals surface area contributed by atoms with Gasteiger partial charge in [-0.2, -0.15) is 4.68 Å². The van der Waals surface area contributed by atoms with Gasteiger partial charge in [0.05, 0.1) is 6.04 Å². The molecule has 2 aliphatic heterocycles. The first-order valence-corrected chi connectivity index (χ1v) is 11.1. The number of aryl methyl sites for hydroxylation is 1. The largest absolute Gasteiger partial charge is 0.301 e. The Balaban J connectivity index is 1.64. The highest BCUT2D eigenvalue weighted by Crippen LogP contribution is 2.41. The van der Waals surface area contributed by atoms with Gasteiger partial charge in [-0.15, -0.1) is 5.10 Å². The summed E-state index contributed by atoms with van der Waals surface area (Å²) in [6.45, 7) is 13.6. The minimum absolute atomic E-state index is 0.0431. The highest BCUT2D eigenvalue weighted by molar-refractivity contribution is 8.00. The lowest BCUT2D eigenvalue weighted by Gasteiger charge is -2.40. The summed E-state index contributed by atoms with van der Waals surface area (Å²) in [4.78, 5) is 22.6.